The number of carbonyl (C=O) groups is 1. The highest BCUT2D eigenvalue weighted by molar-refractivity contribution is 9.11. The fourth-order valence-corrected chi connectivity index (χ4v) is 2.43. The van der Waals surface area contributed by atoms with Gasteiger partial charge in [0.15, 0.2) is 0 Å². The lowest BCUT2D eigenvalue weighted by molar-refractivity contribution is 0.107. The van der Waals surface area contributed by atoms with Gasteiger partial charge >= 0.3 is 0 Å². The number of rotatable bonds is 1. The van der Waals surface area contributed by atoms with Gasteiger partial charge in [0.1, 0.15) is 5.82 Å². The lowest BCUT2D eigenvalue weighted by Crippen LogP contribution is -1.94. The zero-order chi connectivity index (χ0) is 9.30. The van der Waals surface area contributed by atoms with E-state index in [1.54, 1.807) is 0 Å². The van der Waals surface area contributed by atoms with E-state index in [2.05, 4.69) is 31.9 Å². The molecule has 0 aliphatic carbocycles. The molecule has 1 aromatic carbocycles. The third kappa shape index (κ3) is 1.87. The van der Waals surface area contributed by atoms with Crippen LogP contribution in [0, 0.1) is 5.82 Å². The quantitative estimate of drug-likeness (QED) is 0.570. The van der Waals surface area contributed by atoms with Gasteiger partial charge < -0.3 is 0 Å². The molecule has 0 heterocycles. The molecule has 1 rings (SSSR count). The fourth-order valence-electron chi connectivity index (χ4n) is 0.707. The normalized spacial score (nSPS) is 10.0. The van der Waals surface area contributed by atoms with E-state index in [0.717, 1.165) is 0 Å². The monoisotopic (exact) mass is 314 g/mol. The smallest absolute Gasteiger partial charge is 0.254 e. The van der Waals surface area contributed by atoms with Crippen LogP contribution in [0.5, 0.6) is 0 Å². The summed E-state index contributed by atoms with van der Waals surface area (Å²) in [5.74, 6) is -0.512. The number of halogens is 4. The van der Waals surface area contributed by atoms with Crippen LogP contribution in [-0.2, 0) is 0 Å². The summed E-state index contributed by atoms with van der Waals surface area (Å²) < 4.78 is 13.4. The maximum atomic E-state index is 12.8. The number of carbonyl (C=O) groups excluding carboxylic acids is 1. The maximum absolute atomic E-state index is 12.8. The van der Waals surface area contributed by atoms with E-state index in [0.29, 0.717) is 4.47 Å². The van der Waals surface area contributed by atoms with Gasteiger partial charge in [-0.2, -0.15) is 0 Å². The van der Waals surface area contributed by atoms with Gasteiger partial charge in [-0.3, -0.25) is 4.79 Å². The number of hydrogen-bond donors (Lipinski definition) is 0. The Morgan fingerprint density at radius 2 is 2.00 bits per heavy atom. The van der Waals surface area contributed by atoms with E-state index < -0.39 is 11.1 Å². The van der Waals surface area contributed by atoms with E-state index in [4.69, 9.17) is 11.6 Å². The standard InChI is InChI=1S/C7H2Br2ClFO/c8-3-1-2-4(11)6(9)5(3)7(10)12/h1-2H. The third-order valence-electron chi connectivity index (χ3n) is 1.24. The highest BCUT2D eigenvalue weighted by Gasteiger charge is 2.14. The van der Waals surface area contributed by atoms with Crippen molar-refractivity contribution in [2.24, 2.45) is 0 Å². The summed E-state index contributed by atoms with van der Waals surface area (Å²) in [6.45, 7) is 0. The minimum Gasteiger partial charge on any atom is -0.276 e. The molecule has 64 valence electrons. The first-order valence-corrected chi connectivity index (χ1v) is 4.83. The summed E-state index contributed by atoms with van der Waals surface area (Å²) in [7, 11) is 0. The Labute approximate surface area is 90.2 Å². The largest absolute Gasteiger partial charge is 0.276 e. The van der Waals surface area contributed by atoms with E-state index in [9.17, 15) is 9.18 Å². The zero-order valence-corrected chi connectivity index (χ0v) is 9.50. The van der Waals surface area contributed by atoms with Crippen molar-refractivity contribution in [3.63, 3.8) is 0 Å². The molecule has 0 bridgehead atoms. The van der Waals surface area contributed by atoms with E-state index in [-0.39, 0.29) is 10.0 Å². The van der Waals surface area contributed by atoms with Crippen molar-refractivity contribution in [3.05, 3.63) is 32.5 Å². The SMILES string of the molecule is O=C(Cl)c1c(Br)ccc(F)c1Br. The first-order valence-electron chi connectivity index (χ1n) is 2.87. The van der Waals surface area contributed by atoms with Crippen LogP contribution in [0.3, 0.4) is 0 Å². The molecule has 1 aromatic rings. The van der Waals surface area contributed by atoms with Gasteiger partial charge in [-0.25, -0.2) is 4.39 Å². The third-order valence-corrected chi connectivity index (χ3v) is 2.87. The average molecular weight is 316 g/mol. The maximum Gasteiger partial charge on any atom is 0.254 e. The van der Waals surface area contributed by atoms with Crippen molar-refractivity contribution in [3.8, 4) is 0 Å². The summed E-state index contributed by atoms with van der Waals surface area (Å²) in [6.07, 6.45) is 0. The Balaban J connectivity index is 3.43. The lowest BCUT2D eigenvalue weighted by atomic mass is 10.2. The Hall–Kier alpha value is 0.0700. The van der Waals surface area contributed by atoms with Gasteiger partial charge in [0.05, 0.1) is 10.0 Å². The summed E-state index contributed by atoms with van der Waals surface area (Å²) in [5.41, 5.74) is 0.108. The lowest BCUT2D eigenvalue weighted by Gasteiger charge is -2.02. The van der Waals surface area contributed by atoms with Crippen molar-refractivity contribution >= 4 is 48.7 Å². The highest BCUT2D eigenvalue weighted by Crippen LogP contribution is 2.28. The van der Waals surface area contributed by atoms with E-state index >= 15 is 0 Å². The molecule has 0 aliphatic heterocycles. The van der Waals surface area contributed by atoms with Crippen LogP contribution in [0.25, 0.3) is 0 Å². The van der Waals surface area contributed by atoms with E-state index in [1.807, 2.05) is 0 Å². The van der Waals surface area contributed by atoms with Crippen LogP contribution >= 0.6 is 43.5 Å². The number of hydrogen-bond acceptors (Lipinski definition) is 1. The van der Waals surface area contributed by atoms with Crippen molar-refractivity contribution in [2.45, 2.75) is 0 Å². The van der Waals surface area contributed by atoms with Crippen molar-refractivity contribution < 1.29 is 9.18 Å². The van der Waals surface area contributed by atoms with Crippen LogP contribution in [0.2, 0.25) is 0 Å². The Morgan fingerprint density at radius 3 is 2.42 bits per heavy atom. The summed E-state index contributed by atoms with van der Waals surface area (Å²) in [6, 6.07) is 2.66. The van der Waals surface area contributed by atoms with Gasteiger partial charge in [-0.1, -0.05) is 0 Å². The van der Waals surface area contributed by atoms with Crippen LogP contribution < -0.4 is 0 Å². The molecule has 0 radical (unpaired) electrons. The Bertz CT molecular complexity index is 340. The van der Waals surface area contributed by atoms with Crippen LogP contribution in [-0.4, -0.2) is 5.24 Å². The van der Waals surface area contributed by atoms with Crippen molar-refractivity contribution in [2.75, 3.05) is 0 Å². The first-order chi connectivity index (χ1) is 5.54. The van der Waals surface area contributed by atoms with E-state index in [1.165, 1.54) is 12.1 Å². The summed E-state index contributed by atoms with van der Waals surface area (Å²) in [5, 5.41) is -0.701. The molecule has 0 atom stereocenters. The molecular formula is C7H2Br2ClFO. The van der Waals surface area contributed by atoms with Crippen LogP contribution in [0.4, 0.5) is 4.39 Å². The molecule has 0 saturated heterocycles. The van der Waals surface area contributed by atoms with Gasteiger partial charge in [-0.05, 0) is 55.6 Å². The molecular weight excluding hydrogens is 314 g/mol. The molecule has 1 nitrogen and oxygen atoms in total. The van der Waals surface area contributed by atoms with Crippen molar-refractivity contribution in [1.29, 1.82) is 0 Å². The van der Waals surface area contributed by atoms with Gasteiger partial charge in [0.2, 0.25) is 0 Å². The molecule has 0 saturated carbocycles. The molecule has 0 N–H and O–H groups in total. The molecule has 0 aromatic heterocycles. The minimum absolute atomic E-state index is 0.0804. The summed E-state index contributed by atoms with van der Waals surface area (Å²) >= 11 is 11.2. The predicted molar refractivity (Wildman–Crippen MR) is 52.0 cm³/mol. The fraction of sp³-hybridized carbons (Fsp3) is 0. The van der Waals surface area contributed by atoms with Gasteiger partial charge in [-0.15, -0.1) is 0 Å². The minimum atomic E-state index is -0.701. The molecule has 0 fully saturated rings. The zero-order valence-electron chi connectivity index (χ0n) is 5.57. The second-order valence-corrected chi connectivity index (χ2v) is 3.98. The highest BCUT2D eigenvalue weighted by atomic mass is 79.9. The van der Waals surface area contributed by atoms with Gasteiger partial charge in [0, 0.05) is 4.47 Å². The average Bonchev–Trinajstić information content (AvgIpc) is 1.97. The Morgan fingerprint density at radius 1 is 1.42 bits per heavy atom. The second kappa shape index (κ2) is 3.85. The molecule has 12 heavy (non-hydrogen) atoms. The predicted octanol–water partition coefficient (Wildman–Crippen LogP) is 3.73. The Kier molecular flexibility index (Phi) is 3.26. The summed E-state index contributed by atoms with van der Waals surface area (Å²) in [4.78, 5) is 10.8. The molecule has 0 unspecified atom stereocenters. The van der Waals surface area contributed by atoms with Gasteiger partial charge in [0.25, 0.3) is 5.24 Å². The molecule has 0 spiro atoms. The second-order valence-electron chi connectivity index (χ2n) is 1.99. The number of benzene rings is 1. The van der Waals surface area contributed by atoms with Crippen LogP contribution in [0.15, 0.2) is 21.1 Å². The van der Waals surface area contributed by atoms with Crippen LogP contribution in [0.1, 0.15) is 10.4 Å². The molecule has 0 aliphatic rings. The topological polar surface area (TPSA) is 17.1 Å². The van der Waals surface area contributed by atoms with Crippen molar-refractivity contribution in [1.82, 2.24) is 0 Å². The first kappa shape index (κ1) is 10.2. The molecule has 5 heteroatoms. The molecule has 0 amide bonds.